The van der Waals surface area contributed by atoms with E-state index in [1.54, 1.807) is 19.1 Å². The quantitative estimate of drug-likeness (QED) is 0.457. The van der Waals surface area contributed by atoms with E-state index >= 15 is 0 Å². The fourth-order valence-electron chi connectivity index (χ4n) is 3.44. The summed E-state index contributed by atoms with van der Waals surface area (Å²) < 4.78 is 11.2. The first-order valence-electron chi connectivity index (χ1n) is 9.73. The van der Waals surface area contributed by atoms with Crippen molar-refractivity contribution in [2.45, 2.75) is 26.5 Å². The number of aliphatic imine (C=N–C) groups is 1. The summed E-state index contributed by atoms with van der Waals surface area (Å²) in [5.41, 5.74) is 3.09. The second-order valence-electron chi connectivity index (χ2n) is 6.93. The Labute approximate surface area is 195 Å². The first-order chi connectivity index (χ1) is 15.0. The lowest BCUT2D eigenvalue weighted by Crippen LogP contribution is -2.34. The van der Waals surface area contributed by atoms with Crippen LogP contribution in [0.15, 0.2) is 70.3 Å². The second kappa shape index (κ2) is 9.39. The summed E-state index contributed by atoms with van der Waals surface area (Å²) in [6.45, 7) is 4.32. The van der Waals surface area contributed by atoms with Gasteiger partial charge in [-0.05, 0) is 54.6 Å². The number of thioether (sulfide) groups is 1. The third-order valence-electron chi connectivity index (χ3n) is 4.90. The van der Waals surface area contributed by atoms with Gasteiger partial charge in [0.05, 0.1) is 34.0 Å². The maximum absolute atomic E-state index is 12.7. The maximum Gasteiger partial charge on any atom is 0.338 e. The van der Waals surface area contributed by atoms with Crippen LogP contribution in [-0.2, 0) is 16.1 Å². The maximum atomic E-state index is 12.7. The molecular weight excluding hydrogens is 455 g/mol. The van der Waals surface area contributed by atoms with Gasteiger partial charge in [-0.2, -0.15) is 0 Å². The van der Waals surface area contributed by atoms with Gasteiger partial charge in [0.1, 0.15) is 12.4 Å². The Hall–Kier alpha value is -2.41. The average molecular weight is 475 g/mol. The zero-order valence-corrected chi connectivity index (χ0v) is 19.3. The molecule has 1 atom stereocenters. The highest BCUT2D eigenvalue weighted by Gasteiger charge is 2.37. The molecule has 0 amide bonds. The first-order valence-corrected chi connectivity index (χ1v) is 11.4. The zero-order chi connectivity index (χ0) is 22.0. The van der Waals surface area contributed by atoms with Crippen LogP contribution in [-0.4, -0.2) is 22.6 Å². The molecule has 2 heterocycles. The Morgan fingerprint density at radius 2 is 1.94 bits per heavy atom. The van der Waals surface area contributed by atoms with Crippen molar-refractivity contribution in [2.24, 2.45) is 4.99 Å². The number of rotatable bonds is 6. The topological polar surface area (TPSA) is 51.1 Å². The van der Waals surface area contributed by atoms with E-state index in [2.05, 4.69) is 4.99 Å². The molecule has 0 bridgehead atoms. The zero-order valence-electron chi connectivity index (χ0n) is 17.0. The summed E-state index contributed by atoms with van der Waals surface area (Å²) in [7, 11) is 0. The van der Waals surface area contributed by atoms with Gasteiger partial charge in [0, 0.05) is 6.20 Å². The lowest BCUT2D eigenvalue weighted by Gasteiger charge is -2.33. The molecule has 2 aromatic carbocycles. The van der Waals surface area contributed by atoms with Crippen molar-refractivity contribution in [1.82, 2.24) is 4.90 Å². The van der Waals surface area contributed by atoms with E-state index in [1.165, 1.54) is 11.8 Å². The number of carbonyl (C=O) groups excluding carboxylic acids is 1. The summed E-state index contributed by atoms with van der Waals surface area (Å²) in [6, 6.07) is 12.8. The SMILES string of the molecule is CCOC(=O)C1=C(C)N=C2SC=CN2[C@@H]1c1ccc(OCc2ccc(Cl)c(Cl)c2)cc1. The molecule has 2 aliphatic rings. The summed E-state index contributed by atoms with van der Waals surface area (Å²) in [5, 5.41) is 3.82. The van der Waals surface area contributed by atoms with E-state index in [4.69, 9.17) is 32.7 Å². The number of halogens is 2. The van der Waals surface area contributed by atoms with Crippen LogP contribution < -0.4 is 4.74 Å². The summed E-state index contributed by atoms with van der Waals surface area (Å²) >= 11 is 13.6. The highest BCUT2D eigenvalue weighted by atomic mass is 35.5. The van der Waals surface area contributed by atoms with Gasteiger partial charge in [-0.25, -0.2) is 9.79 Å². The fraction of sp³-hybridized carbons (Fsp3) is 0.217. The summed E-state index contributed by atoms with van der Waals surface area (Å²) in [6.07, 6.45) is 1.94. The van der Waals surface area contributed by atoms with E-state index in [-0.39, 0.29) is 12.0 Å². The number of benzene rings is 2. The van der Waals surface area contributed by atoms with Crippen molar-refractivity contribution in [2.75, 3.05) is 6.61 Å². The molecule has 5 nitrogen and oxygen atoms in total. The number of ether oxygens (including phenoxy) is 2. The molecule has 0 spiro atoms. The predicted molar refractivity (Wildman–Crippen MR) is 125 cm³/mol. The average Bonchev–Trinajstić information content (AvgIpc) is 3.22. The molecule has 0 fully saturated rings. The highest BCUT2D eigenvalue weighted by molar-refractivity contribution is 8.16. The summed E-state index contributed by atoms with van der Waals surface area (Å²) in [5.74, 6) is 0.363. The normalized spacial score (nSPS) is 17.5. The van der Waals surface area contributed by atoms with Gasteiger partial charge in [-0.15, -0.1) is 0 Å². The standard InChI is InChI=1S/C23H20Cl2N2O3S/c1-3-29-22(28)20-14(2)26-23-27(10-11-31-23)21(20)16-5-7-17(8-6-16)30-13-15-4-9-18(24)19(25)12-15/h4-12,21H,3,13H2,1-2H3/t21-/m1/s1. The van der Waals surface area contributed by atoms with E-state index in [0.29, 0.717) is 40.3 Å². The highest BCUT2D eigenvalue weighted by Crippen LogP contribution is 2.41. The first kappa shape index (κ1) is 21.8. The smallest absolute Gasteiger partial charge is 0.338 e. The third kappa shape index (κ3) is 4.61. The Balaban J connectivity index is 1.56. The largest absolute Gasteiger partial charge is 0.489 e. The molecule has 0 radical (unpaired) electrons. The minimum Gasteiger partial charge on any atom is -0.489 e. The lowest BCUT2D eigenvalue weighted by atomic mass is 9.95. The molecule has 0 saturated carbocycles. The molecule has 8 heteroatoms. The van der Waals surface area contributed by atoms with Crippen molar-refractivity contribution >= 4 is 46.1 Å². The number of esters is 1. The molecule has 0 unspecified atom stereocenters. The molecule has 0 N–H and O–H groups in total. The van der Waals surface area contributed by atoms with Gasteiger partial charge in [-0.1, -0.05) is 53.2 Å². The lowest BCUT2D eigenvalue weighted by molar-refractivity contribution is -0.139. The van der Waals surface area contributed by atoms with Gasteiger partial charge in [0.15, 0.2) is 5.17 Å². The Kier molecular flexibility index (Phi) is 6.60. The van der Waals surface area contributed by atoms with Crippen LogP contribution in [0.25, 0.3) is 0 Å². The van der Waals surface area contributed by atoms with Gasteiger partial charge >= 0.3 is 5.97 Å². The van der Waals surface area contributed by atoms with Gasteiger partial charge in [0.2, 0.25) is 0 Å². The second-order valence-corrected chi connectivity index (χ2v) is 8.62. The fourth-order valence-corrected chi connectivity index (χ4v) is 4.55. The minimum atomic E-state index is -0.349. The minimum absolute atomic E-state index is 0.304. The van der Waals surface area contributed by atoms with E-state index in [9.17, 15) is 4.79 Å². The third-order valence-corrected chi connectivity index (χ3v) is 6.41. The van der Waals surface area contributed by atoms with Crippen molar-refractivity contribution in [3.8, 4) is 5.75 Å². The monoisotopic (exact) mass is 474 g/mol. The van der Waals surface area contributed by atoms with Crippen LogP contribution in [0, 0.1) is 0 Å². The number of amidine groups is 1. The van der Waals surface area contributed by atoms with Gasteiger partial charge in [-0.3, -0.25) is 0 Å². The number of hydrogen-bond acceptors (Lipinski definition) is 6. The molecular formula is C23H20Cl2N2O3S. The van der Waals surface area contributed by atoms with Crippen LogP contribution in [0.4, 0.5) is 0 Å². The number of fused-ring (bicyclic) bond motifs is 1. The molecule has 31 heavy (non-hydrogen) atoms. The number of hydrogen-bond donors (Lipinski definition) is 0. The van der Waals surface area contributed by atoms with Crippen LogP contribution in [0.5, 0.6) is 5.75 Å². The van der Waals surface area contributed by atoms with Crippen molar-refractivity contribution < 1.29 is 14.3 Å². The molecule has 2 aromatic rings. The molecule has 2 aliphatic heterocycles. The molecule has 4 rings (SSSR count). The summed E-state index contributed by atoms with van der Waals surface area (Å²) in [4.78, 5) is 19.3. The van der Waals surface area contributed by atoms with Crippen LogP contribution >= 0.6 is 35.0 Å². The Morgan fingerprint density at radius 3 is 2.65 bits per heavy atom. The molecule has 0 aromatic heterocycles. The van der Waals surface area contributed by atoms with Crippen LogP contribution in [0.2, 0.25) is 10.0 Å². The van der Waals surface area contributed by atoms with Gasteiger partial charge < -0.3 is 14.4 Å². The molecule has 0 saturated heterocycles. The predicted octanol–water partition coefficient (Wildman–Crippen LogP) is 6.34. The van der Waals surface area contributed by atoms with Crippen LogP contribution in [0.3, 0.4) is 0 Å². The van der Waals surface area contributed by atoms with Crippen molar-refractivity contribution in [3.63, 3.8) is 0 Å². The number of nitrogens with zero attached hydrogens (tertiary/aromatic N) is 2. The molecule has 0 aliphatic carbocycles. The van der Waals surface area contributed by atoms with E-state index < -0.39 is 0 Å². The van der Waals surface area contributed by atoms with E-state index in [0.717, 1.165) is 16.3 Å². The number of allylic oxidation sites excluding steroid dienone is 1. The molecule has 160 valence electrons. The van der Waals surface area contributed by atoms with Gasteiger partial charge in [0.25, 0.3) is 0 Å². The Bertz CT molecular complexity index is 1100. The van der Waals surface area contributed by atoms with Crippen molar-refractivity contribution in [1.29, 1.82) is 0 Å². The Morgan fingerprint density at radius 1 is 1.16 bits per heavy atom. The van der Waals surface area contributed by atoms with Crippen LogP contribution in [0.1, 0.15) is 31.0 Å². The number of carbonyl (C=O) groups is 1. The van der Waals surface area contributed by atoms with E-state index in [1.807, 2.05) is 53.8 Å². The van der Waals surface area contributed by atoms with Crippen molar-refractivity contribution in [3.05, 3.63) is 86.5 Å².